The van der Waals surface area contributed by atoms with Crippen molar-refractivity contribution in [3.63, 3.8) is 0 Å². The first-order chi connectivity index (χ1) is 15.6. The molecule has 7 aromatic rings. The van der Waals surface area contributed by atoms with Crippen LogP contribution < -0.4 is 4.57 Å². The maximum absolute atomic E-state index is 6.34. The smallest absolute Gasteiger partial charge is 0.259 e. The highest BCUT2D eigenvalue weighted by atomic mass is 16.3. The summed E-state index contributed by atoms with van der Waals surface area (Å²) < 4.78 is 16.5. The van der Waals surface area contributed by atoms with E-state index in [0.29, 0.717) is 0 Å². The molecule has 0 fully saturated rings. The van der Waals surface area contributed by atoms with Crippen LogP contribution in [0.2, 0.25) is 0 Å². The van der Waals surface area contributed by atoms with E-state index in [1.165, 1.54) is 28.0 Å². The minimum absolute atomic E-state index is 0.896. The third-order valence-corrected chi connectivity index (χ3v) is 6.86. The van der Waals surface area contributed by atoms with Crippen molar-refractivity contribution in [2.45, 2.75) is 13.8 Å². The Hall–Kier alpha value is -4.05. The Bertz CT molecular complexity index is 1860. The van der Waals surface area contributed by atoms with Crippen molar-refractivity contribution in [2.75, 3.05) is 0 Å². The van der Waals surface area contributed by atoms with Crippen molar-refractivity contribution in [3.8, 4) is 5.69 Å². The second kappa shape index (κ2) is 6.01. The SMILES string of the molecule is Cc1ccccc1-n1c(C)[n+](C)c2cc3oc4cc5cc6occc6cc5cc4c3cc21. The molecule has 0 radical (unpaired) electrons. The van der Waals surface area contributed by atoms with Gasteiger partial charge in [0.15, 0.2) is 11.0 Å². The summed E-state index contributed by atoms with van der Waals surface area (Å²) in [4.78, 5) is 0. The molecule has 0 saturated carbocycles. The number of nitrogens with zero attached hydrogens (tertiary/aromatic N) is 2. The van der Waals surface area contributed by atoms with Gasteiger partial charge < -0.3 is 8.83 Å². The summed E-state index contributed by atoms with van der Waals surface area (Å²) in [6.45, 7) is 4.32. The van der Waals surface area contributed by atoms with Crippen LogP contribution in [0, 0.1) is 13.8 Å². The molecule has 0 saturated heterocycles. The second-order valence-electron chi connectivity index (χ2n) is 8.67. The Balaban J connectivity index is 1.60. The Labute approximate surface area is 183 Å². The van der Waals surface area contributed by atoms with Crippen LogP contribution in [0.3, 0.4) is 0 Å². The van der Waals surface area contributed by atoms with E-state index < -0.39 is 0 Å². The average molecular weight is 417 g/mol. The molecule has 0 spiro atoms. The Kier molecular flexibility index (Phi) is 3.31. The van der Waals surface area contributed by atoms with Gasteiger partial charge in [-0.3, -0.25) is 0 Å². The summed E-state index contributed by atoms with van der Waals surface area (Å²) in [5, 5.41) is 5.69. The number of fused-ring (bicyclic) bond motifs is 6. The highest BCUT2D eigenvalue weighted by molar-refractivity contribution is 6.13. The minimum Gasteiger partial charge on any atom is -0.464 e. The highest BCUT2D eigenvalue weighted by Gasteiger charge is 2.24. The lowest BCUT2D eigenvalue weighted by Gasteiger charge is -2.03. The van der Waals surface area contributed by atoms with Gasteiger partial charge in [0.1, 0.15) is 22.4 Å². The number of rotatable bonds is 1. The standard InChI is InChI=1S/C28H21N2O2/c1-16-6-4-5-7-23(16)30-17(2)29(3)24-15-28-22(14-25(24)30)21-11-19-10-18-8-9-31-26(18)12-20(19)13-27(21)32-28/h4-15H,1-3H3/q+1. The molecule has 154 valence electrons. The van der Waals surface area contributed by atoms with E-state index in [0.717, 1.165) is 43.8 Å². The number of furan rings is 2. The summed E-state index contributed by atoms with van der Waals surface area (Å²) in [5.41, 5.74) is 7.49. The molecule has 4 aromatic carbocycles. The normalized spacial score (nSPS) is 12.2. The van der Waals surface area contributed by atoms with Gasteiger partial charge >= 0.3 is 0 Å². The Morgan fingerprint density at radius 2 is 1.50 bits per heavy atom. The van der Waals surface area contributed by atoms with Crippen LogP contribution in [-0.2, 0) is 7.05 Å². The number of para-hydroxylation sites is 1. The largest absolute Gasteiger partial charge is 0.464 e. The van der Waals surface area contributed by atoms with Crippen molar-refractivity contribution in [1.82, 2.24) is 4.57 Å². The molecule has 32 heavy (non-hydrogen) atoms. The quantitative estimate of drug-likeness (QED) is 0.273. The maximum atomic E-state index is 6.34. The molecular weight excluding hydrogens is 396 g/mol. The predicted octanol–water partition coefficient (Wildman–Crippen LogP) is 6.87. The Morgan fingerprint density at radius 1 is 0.750 bits per heavy atom. The summed E-state index contributed by atoms with van der Waals surface area (Å²) in [5.74, 6) is 1.18. The third kappa shape index (κ3) is 2.24. The summed E-state index contributed by atoms with van der Waals surface area (Å²) in [6.07, 6.45) is 1.74. The van der Waals surface area contributed by atoms with E-state index in [9.17, 15) is 0 Å². The molecule has 0 aliphatic rings. The summed E-state index contributed by atoms with van der Waals surface area (Å²) in [6, 6.07) is 23.6. The number of hydrogen-bond acceptors (Lipinski definition) is 2. The fourth-order valence-electron chi connectivity index (χ4n) is 5.07. The zero-order valence-corrected chi connectivity index (χ0v) is 18.1. The molecule has 0 atom stereocenters. The monoisotopic (exact) mass is 417 g/mol. The number of aryl methyl sites for hydroxylation is 2. The van der Waals surface area contributed by atoms with E-state index in [-0.39, 0.29) is 0 Å². The van der Waals surface area contributed by atoms with Crippen molar-refractivity contribution in [1.29, 1.82) is 0 Å². The zero-order valence-electron chi connectivity index (χ0n) is 18.1. The van der Waals surface area contributed by atoms with Gasteiger partial charge in [0.05, 0.1) is 13.3 Å². The van der Waals surface area contributed by atoms with Crippen molar-refractivity contribution in [2.24, 2.45) is 7.05 Å². The molecule has 0 N–H and O–H groups in total. The average Bonchev–Trinajstić information content (AvgIpc) is 3.45. The number of imidazole rings is 1. The molecule has 0 amide bonds. The molecule has 7 rings (SSSR count). The van der Waals surface area contributed by atoms with Crippen molar-refractivity contribution in [3.05, 3.63) is 84.4 Å². The van der Waals surface area contributed by atoms with Crippen LogP contribution in [-0.4, -0.2) is 4.57 Å². The first-order valence-corrected chi connectivity index (χ1v) is 10.8. The summed E-state index contributed by atoms with van der Waals surface area (Å²) in [7, 11) is 2.12. The lowest BCUT2D eigenvalue weighted by Crippen LogP contribution is -2.30. The predicted molar refractivity (Wildman–Crippen MR) is 128 cm³/mol. The van der Waals surface area contributed by atoms with E-state index in [4.69, 9.17) is 8.83 Å². The number of aromatic nitrogens is 2. The minimum atomic E-state index is 0.896. The first-order valence-electron chi connectivity index (χ1n) is 10.8. The topological polar surface area (TPSA) is 35.1 Å². The molecule has 0 aliphatic heterocycles. The van der Waals surface area contributed by atoms with E-state index in [1.807, 2.05) is 6.07 Å². The lowest BCUT2D eigenvalue weighted by molar-refractivity contribution is -0.652. The second-order valence-corrected chi connectivity index (χ2v) is 8.67. The molecule has 4 heteroatoms. The lowest BCUT2D eigenvalue weighted by atomic mass is 10.0. The molecule has 3 aromatic heterocycles. The van der Waals surface area contributed by atoms with Gasteiger partial charge in [-0.15, -0.1) is 0 Å². The molecule has 0 unspecified atom stereocenters. The van der Waals surface area contributed by atoms with E-state index >= 15 is 0 Å². The van der Waals surface area contributed by atoms with Gasteiger partial charge in [-0.25, -0.2) is 4.57 Å². The van der Waals surface area contributed by atoms with Gasteiger partial charge in [0, 0.05) is 35.2 Å². The zero-order chi connectivity index (χ0) is 21.6. The van der Waals surface area contributed by atoms with Gasteiger partial charge in [0.2, 0.25) is 0 Å². The number of hydrogen-bond donors (Lipinski definition) is 0. The summed E-state index contributed by atoms with van der Waals surface area (Å²) >= 11 is 0. The van der Waals surface area contributed by atoms with Crippen LogP contribution in [0.5, 0.6) is 0 Å². The molecule has 0 bridgehead atoms. The molecule has 4 nitrogen and oxygen atoms in total. The van der Waals surface area contributed by atoms with Crippen molar-refractivity contribution < 1.29 is 13.4 Å². The fourth-order valence-corrected chi connectivity index (χ4v) is 5.07. The van der Waals surface area contributed by atoms with E-state index in [1.54, 1.807) is 6.26 Å². The van der Waals surface area contributed by atoms with Gasteiger partial charge in [0.25, 0.3) is 5.82 Å². The van der Waals surface area contributed by atoms with Gasteiger partial charge in [-0.05, 0) is 59.7 Å². The van der Waals surface area contributed by atoms with Crippen LogP contribution >= 0.6 is 0 Å². The highest BCUT2D eigenvalue weighted by Crippen LogP contribution is 2.36. The van der Waals surface area contributed by atoms with Crippen LogP contribution in [0.4, 0.5) is 0 Å². The molecule has 3 heterocycles. The van der Waals surface area contributed by atoms with Crippen LogP contribution in [0.15, 0.2) is 81.8 Å². The van der Waals surface area contributed by atoms with Gasteiger partial charge in [-0.1, -0.05) is 18.2 Å². The first kappa shape index (κ1) is 17.6. The van der Waals surface area contributed by atoms with Crippen LogP contribution in [0.25, 0.3) is 60.4 Å². The Morgan fingerprint density at radius 3 is 2.38 bits per heavy atom. The van der Waals surface area contributed by atoms with E-state index in [2.05, 4.69) is 90.7 Å². The third-order valence-electron chi connectivity index (χ3n) is 6.86. The number of benzene rings is 4. The maximum Gasteiger partial charge on any atom is 0.259 e. The molecular formula is C28H21N2O2+. The molecule has 0 aliphatic carbocycles. The van der Waals surface area contributed by atoms with Gasteiger partial charge in [-0.2, -0.15) is 4.57 Å². The van der Waals surface area contributed by atoms with Crippen LogP contribution in [0.1, 0.15) is 11.4 Å². The fraction of sp³-hybridized carbons (Fsp3) is 0.107. The van der Waals surface area contributed by atoms with Crippen molar-refractivity contribution >= 4 is 54.7 Å².